The molecule has 238 valence electrons. The van der Waals surface area contributed by atoms with Crippen LogP contribution in [0, 0.1) is 0 Å². The van der Waals surface area contributed by atoms with Gasteiger partial charge in [-0.05, 0) is 60.7 Å². The molecule has 0 aliphatic heterocycles. The zero-order valence-corrected chi connectivity index (χ0v) is 28.5. The first-order valence-corrected chi connectivity index (χ1v) is 17.7. The summed E-state index contributed by atoms with van der Waals surface area (Å²) in [6, 6.07) is 49.6. The van der Waals surface area contributed by atoms with Gasteiger partial charge in [-0.2, -0.15) is 13.2 Å². The monoisotopic (exact) mass is 763 g/mol. The molecule has 0 spiro atoms. The van der Waals surface area contributed by atoms with Crippen LogP contribution in [0.15, 0.2) is 140 Å². The van der Waals surface area contributed by atoms with Gasteiger partial charge in [0.1, 0.15) is 21.2 Å². The number of alkyl halides is 3. The number of benzene rings is 4. The van der Waals surface area contributed by atoms with Crippen molar-refractivity contribution in [3.8, 4) is 0 Å². The maximum Gasteiger partial charge on any atom is 1.00 e. The van der Waals surface area contributed by atoms with Crippen LogP contribution in [-0.4, -0.2) is 37.6 Å². The van der Waals surface area contributed by atoms with E-state index in [4.69, 9.17) is 18.0 Å². The van der Waals surface area contributed by atoms with Gasteiger partial charge < -0.3 is 4.55 Å². The van der Waals surface area contributed by atoms with Crippen LogP contribution in [0.2, 0.25) is 0 Å². The molecule has 6 nitrogen and oxygen atoms in total. The first-order chi connectivity index (χ1) is 21.0. The van der Waals surface area contributed by atoms with E-state index in [0.29, 0.717) is 0 Å². The van der Waals surface area contributed by atoms with Crippen LogP contribution < -0.4 is 30.6 Å². The van der Waals surface area contributed by atoms with Crippen molar-refractivity contribution >= 4 is 59.1 Å². The Kier molecular flexibility index (Phi) is 13.3. The normalized spacial score (nSPS) is 11.3. The van der Waals surface area contributed by atoms with E-state index in [0.717, 1.165) is 11.6 Å². The van der Waals surface area contributed by atoms with Crippen LogP contribution in [0.4, 0.5) is 24.8 Å². The fraction of sp³-hybridized carbons (Fsp3) is 0.0938. The Morgan fingerprint density at radius 3 is 1.02 bits per heavy atom. The molecule has 0 bridgehead atoms. The number of nitrogens with zero attached hydrogens (tertiary/aromatic N) is 3. The van der Waals surface area contributed by atoms with E-state index in [-0.39, 0.29) is 22.4 Å². The molecule has 0 aliphatic rings. The summed E-state index contributed by atoms with van der Waals surface area (Å²) in [7, 11) is -4.20. The van der Waals surface area contributed by atoms with Crippen LogP contribution in [-0.2, 0) is 32.5 Å². The Balaban J connectivity index is 0.000000544. The summed E-state index contributed by atoms with van der Waals surface area (Å²) in [6.45, 7) is 0. The maximum absolute atomic E-state index is 10.7. The number of anilines is 2. The molecule has 45 heavy (non-hydrogen) atoms. The van der Waals surface area contributed by atoms with Crippen LogP contribution in [0.5, 0.6) is 0 Å². The van der Waals surface area contributed by atoms with Crippen molar-refractivity contribution in [2.75, 3.05) is 23.4 Å². The molecule has 0 fully saturated rings. The van der Waals surface area contributed by atoms with Gasteiger partial charge in [0.2, 0.25) is 0 Å². The molecule has 0 aliphatic carbocycles. The largest absolute Gasteiger partial charge is 1.00 e. The smallest absolute Gasteiger partial charge is 0.741 e. The van der Waals surface area contributed by atoms with Gasteiger partial charge in [-0.25, -0.2) is 22.7 Å². The number of hydrogen-bond acceptors (Lipinski definition) is 6. The fourth-order valence-corrected chi connectivity index (χ4v) is 9.46. The molecule has 0 radical (unpaired) electrons. The Morgan fingerprint density at radius 1 is 0.556 bits per heavy atom. The minimum absolute atomic E-state index is 0. The third-order valence-corrected chi connectivity index (χ3v) is 12.4. The summed E-state index contributed by atoms with van der Waals surface area (Å²) in [5.41, 5.74) is -5.65. The molecule has 1 heterocycles. The zero-order chi connectivity index (χ0) is 31.7. The van der Waals surface area contributed by atoms with Crippen molar-refractivity contribution in [2.24, 2.45) is 0 Å². The summed E-state index contributed by atoms with van der Waals surface area (Å²) < 4.78 is 63.7. The Bertz CT molecular complexity index is 1540. The third kappa shape index (κ3) is 9.71. The van der Waals surface area contributed by atoms with E-state index < -0.39 is 31.8 Å². The molecule has 0 saturated carbocycles. The standard InChI is InChI=1S/C31H29N3P2.CHF3O3S.Ag/c1-33(35(26-16-7-3-8-17-26)27-18-9-4-10-19-27)30-24-15-25-31(32-30)34(2)36(28-20-11-5-12-21-28)29-22-13-6-14-23-29;2-1(3,4)8(5,6)7;/h3-25H,1-2H3;(H,5,6,7);/q;;+1/p+1. The molecule has 4 aromatic carbocycles. The van der Waals surface area contributed by atoms with Crippen molar-refractivity contribution in [1.82, 2.24) is 4.98 Å². The van der Waals surface area contributed by atoms with Gasteiger partial charge in [-0.3, -0.25) is 0 Å². The van der Waals surface area contributed by atoms with Gasteiger partial charge in [0.25, 0.3) is 0 Å². The van der Waals surface area contributed by atoms with Gasteiger partial charge >= 0.3 is 27.9 Å². The van der Waals surface area contributed by atoms with E-state index in [1.165, 1.54) is 21.2 Å². The first-order valence-electron chi connectivity index (χ1n) is 13.4. The predicted molar refractivity (Wildman–Crippen MR) is 178 cm³/mol. The van der Waals surface area contributed by atoms with Gasteiger partial charge in [0.05, 0.1) is 0 Å². The Hall–Kier alpha value is -3.07. The molecular weight excluding hydrogens is 733 g/mol. The van der Waals surface area contributed by atoms with Gasteiger partial charge in [0, 0.05) is 14.1 Å². The van der Waals surface area contributed by atoms with Crippen molar-refractivity contribution in [3.63, 3.8) is 0 Å². The molecule has 0 saturated heterocycles. The molecular formula is C32H31AgF3N3O3P2S+2. The van der Waals surface area contributed by atoms with Gasteiger partial charge in [0.15, 0.2) is 37.9 Å². The van der Waals surface area contributed by atoms with Crippen molar-refractivity contribution in [1.29, 1.82) is 0 Å². The molecule has 5 rings (SSSR count). The molecule has 0 N–H and O–H groups in total. The fourth-order valence-electron chi connectivity index (χ4n) is 4.51. The number of pyridine rings is 1. The van der Waals surface area contributed by atoms with Crippen LogP contribution in [0.25, 0.3) is 0 Å². The second-order valence-corrected chi connectivity index (χ2v) is 15.9. The van der Waals surface area contributed by atoms with Gasteiger partial charge in [-0.1, -0.05) is 78.9 Å². The summed E-state index contributed by atoms with van der Waals surface area (Å²) >= 11 is 0. The third-order valence-electron chi connectivity index (χ3n) is 6.55. The Labute approximate surface area is 279 Å². The van der Waals surface area contributed by atoms with E-state index in [9.17, 15) is 13.2 Å². The Morgan fingerprint density at radius 2 is 0.800 bits per heavy atom. The maximum atomic E-state index is 10.7. The average molecular weight is 764 g/mol. The number of halogens is 3. The van der Waals surface area contributed by atoms with E-state index in [1.807, 2.05) is 0 Å². The zero-order valence-electron chi connectivity index (χ0n) is 24.2. The minimum Gasteiger partial charge on any atom is -0.741 e. The second kappa shape index (κ2) is 16.5. The van der Waals surface area contributed by atoms with Crippen molar-refractivity contribution < 1.29 is 48.5 Å². The summed E-state index contributed by atoms with van der Waals surface area (Å²) in [5.74, 6) is 1.98. The molecule has 13 heteroatoms. The van der Waals surface area contributed by atoms with Crippen LogP contribution in [0.3, 0.4) is 0 Å². The topological polar surface area (TPSA) is 76.6 Å². The number of aromatic nitrogens is 1. The first kappa shape index (κ1) is 36.4. The van der Waals surface area contributed by atoms with E-state index in [1.54, 1.807) is 0 Å². The number of hydrogen-bond donors (Lipinski definition) is 0. The summed E-state index contributed by atoms with van der Waals surface area (Å²) in [5, 5.41) is 5.37. The molecule has 1 aromatic heterocycles. The van der Waals surface area contributed by atoms with Crippen LogP contribution in [0.1, 0.15) is 0 Å². The minimum atomic E-state index is -6.09. The second-order valence-electron chi connectivity index (χ2n) is 9.53. The predicted octanol–water partition coefficient (Wildman–Crippen LogP) is 5.56. The average Bonchev–Trinajstić information content (AvgIpc) is 3.03. The van der Waals surface area contributed by atoms with E-state index in [2.05, 4.69) is 163 Å². The SMILES string of the molecule is CN(c1cccc(N(C)[PH+](c2ccccc2)c2ccccc2)n1)[PH+](c1ccccc1)c1ccccc1.O=S(=O)([O-])C(F)(F)F.[Ag+]. The quantitative estimate of drug-likeness (QED) is 0.0892. The number of rotatable bonds is 8. The summed E-state index contributed by atoms with van der Waals surface area (Å²) in [4.78, 5) is 5.22. The molecule has 0 atom stereocenters. The molecule has 0 amide bonds. The summed E-state index contributed by atoms with van der Waals surface area (Å²) in [6.07, 6.45) is 0. The van der Waals surface area contributed by atoms with Gasteiger partial charge in [-0.15, -0.1) is 0 Å². The molecule has 5 aromatic rings. The van der Waals surface area contributed by atoms with Crippen LogP contribution >= 0.6 is 16.1 Å². The van der Waals surface area contributed by atoms with Crippen molar-refractivity contribution in [3.05, 3.63) is 140 Å². The van der Waals surface area contributed by atoms with E-state index >= 15 is 0 Å². The molecule has 0 unspecified atom stereocenters. The van der Waals surface area contributed by atoms with Crippen molar-refractivity contribution in [2.45, 2.75) is 5.51 Å².